The molecule has 0 spiro atoms. The summed E-state index contributed by atoms with van der Waals surface area (Å²) < 4.78 is 28.5. The van der Waals surface area contributed by atoms with Crippen molar-refractivity contribution in [1.82, 2.24) is 0 Å². The lowest BCUT2D eigenvalue weighted by Gasteiger charge is -2.16. The molecule has 1 atom stereocenters. The van der Waals surface area contributed by atoms with Gasteiger partial charge in [0.2, 0.25) is 0 Å². The van der Waals surface area contributed by atoms with Gasteiger partial charge < -0.3 is 10.5 Å². The van der Waals surface area contributed by atoms with Gasteiger partial charge in [0.1, 0.15) is 6.61 Å². The van der Waals surface area contributed by atoms with E-state index in [2.05, 4.69) is 0 Å². The van der Waals surface area contributed by atoms with Crippen molar-refractivity contribution >= 4 is 0 Å². The van der Waals surface area contributed by atoms with Crippen LogP contribution in [0.4, 0.5) is 8.78 Å². The van der Waals surface area contributed by atoms with E-state index in [0.29, 0.717) is 6.42 Å². The summed E-state index contributed by atoms with van der Waals surface area (Å²) in [6.07, 6.45) is -1.86. The predicted molar refractivity (Wildman–Crippen MR) is 64.3 cm³/mol. The van der Waals surface area contributed by atoms with Crippen molar-refractivity contribution in [3.05, 3.63) is 34.9 Å². The Morgan fingerprint density at radius 2 is 2.00 bits per heavy atom. The minimum atomic E-state index is -2.41. The van der Waals surface area contributed by atoms with E-state index in [1.54, 1.807) is 0 Å². The van der Waals surface area contributed by atoms with Gasteiger partial charge in [-0.15, -0.1) is 0 Å². The predicted octanol–water partition coefficient (Wildman–Crippen LogP) is 2.98. The van der Waals surface area contributed by atoms with Crippen LogP contribution in [0.2, 0.25) is 0 Å². The van der Waals surface area contributed by atoms with Crippen LogP contribution in [-0.4, -0.2) is 19.6 Å². The average molecular weight is 243 g/mol. The fraction of sp³-hybridized carbons (Fsp3) is 0.538. The second kappa shape index (κ2) is 6.67. The van der Waals surface area contributed by atoms with Gasteiger partial charge in [-0.2, -0.15) is 0 Å². The molecule has 0 aliphatic rings. The van der Waals surface area contributed by atoms with Gasteiger partial charge in [-0.25, -0.2) is 8.78 Å². The smallest absolute Gasteiger partial charge is 0.261 e. The molecule has 1 aromatic rings. The Kier molecular flexibility index (Phi) is 5.51. The zero-order valence-corrected chi connectivity index (χ0v) is 10.2. The summed E-state index contributed by atoms with van der Waals surface area (Å²) in [7, 11) is 0. The normalized spacial score (nSPS) is 13.1. The summed E-state index contributed by atoms with van der Waals surface area (Å²) in [6, 6.07) is 5.80. The number of hydrogen-bond acceptors (Lipinski definition) is 2. The SMILES string of the molecule is Cc1cccc(C(N)CCOCC(F)F)c1C. The molecule has 0 aliphatic carbocycles. The van der Waals surface area contributed by atoms with Crippen LogP contribution in [0.25, 0.3) is 0 Å². The van der Waals surface area contributed by atoms with Crippen LogP contribution in [0.15, 0.2) is 18.2 Å². The van der Waals surface area contributed by atoms with Gasteiger partial charge in [0.05, 0.1) is 0 Å². The highest BCUT2D eigenvalue weighted by atomic mass is 19.3. The van der Waals surface area contributed by atoms with Crippen LogP contribution in [0.3, 0.4) is 0 Å². The maximum absolute atomic E-state index is 11.8. The Morgan fingerprint density at radius 3 is 2.65 bits per heavy atom. The zero-order chi connectivity index (χ0) is 12.8. The molecule has 1 aromatic carbocycles. The van der Waals surface area contributed by atoms with E-state index in [1.165, 1.54) is 5.56 Å². The second-order valence-corrected chi connectivity index (χ2v) is 4.15. The van der Waals surface area contributed by atoms with Gasteiger partial charge in [-0.05, 0) is 37.0 Å². The van der Waals surface area contributed by atoms with Crippen molar-refractivity contribution in [1.29, 1.82) is 0 Å². The molecular weight excluding hydrogens is 224 g/mol. The van der Waals surface area contributed by atoms with Crippen molar-refractivity contribution in [2.75, 3.05) is 13.2 Å². The molecule has 0 bridgehead atoms. The van der Waals surface area contributed by atoms with Gasteiger partial charge in [0.25, 0.3) is 6.43 Å². The van der Waals surface area contributed by atoms with E-state index in [0.717, 1.165) is 11.1 Å². The summed E-state index contributed by atoms with van der Waals surface area (Å²) in [6.45, 7) is 3.79. The first kappa shape index (κ1) is 14.1. The molecule has 2 nitrogen and oxygen atoms in total. The van der Waals surface area contributed by atoms with E-state index in [1.807, 2.05) is 32.0 Å². The fourth-order valence-corrected chi connectivity index (χ4v) is 1.71. The maximum Gasteiger partial charge on any atom is 0.261 e. The van der Waals surface area contributed by atoms with Crippen molar-refractivity contribution in [3.8, 4) is 0 Å². The highest BCUT2D eigenvalue weighted by Gasteiger charge is 2.10. The molecule has 0 saturated carbocycles. The summed E-state index contributed by atoms with van der Waals surface area (Å²) in [4.78, 5) is 0. The molecule has 96 valence electrons. The summed E-state index contributed by atoms with van der Waals surface area (Å²) in [5.41, 5.74) is 9.42. The third-order valence-electron chi connectivity index (χ3n) is 2.86. The van der Waals surface area contributed by atoms with Crippen molar-refractivity contribution in [2.24, 2.45) is 5.73 Å². The zero-order valence-electron chi connectivity index (χ0n) is 10.2. The lowest BCUT2D eigenvalue weighted by Crippen LogP contribution is -2.16. The van der Waals surface area contributed by atoms with Crippen LogP contribution in [-0.2, 0) is 4.74 Å². The minimum absolute atomic E-state index is 0.160. The van der Waals surface area contributed by atoms with Gasteiger partial charge in [0.15, 0.2) is 0 Å². The third-order valence-corrected chi connectivity index (χ3v) is 2.86. The molecule has 0 fully saturated rings. The number of rotatable bonds is 6. The van der Waals surface area contributed by atoms with E-state index in [4.69, 9.17) is 10.5 Å². The van der Waals surface area contributed by atoms with E-state index in [-0.39, 0.29) is 12.6 Å². The molecule has 1 unspecified atom stereocenters. The molecule has 0 aliphatic heterocycles. The molecule has 1 rings (SSSR count). The maximum atomic E-state index is 11.8. The lowest BCUT2D eigenvalue weighted by molar-refractivity contribution is 0.0152. The Morgan fingerprint density at radius 1 is 1.29 bits per heavy atom. The molecule has 4 heteroatoms. The van der Waals surface area contributed by atoms with Crippen LogP contribution >= 0.6 is 0 Å². The monoisotopic (exact) mass is 243 g/mol. The quantitative estimate of drug-likeness (QED) is 0.779. The molecule has 0 heterocycles. The Balaban J connectivity index is 2.47. The minimum Gasteiger partial charge on any atom is -0.375 e. The Bertz CT molecular complexity index is 355. The van der Waals surface area contributed by atoms with Gasteiger partial charge in [-0.3, -0.25) is 0 Å². The van der Waals surface area contributed by atoms with E-state index in [9.17, 15) is 8.78 Å². The molecule has 0 aromatic heterocycles. The Labute approximate surface area is 101 Å². The number of nitrogens with two attached hydrogens (primary N) is 1. The summed E-state index contributed by atoms with van der Waals surface area (Å²) in [5.74, 6) is 0. The standard InChI is InChI=1S/C13H19F2NO/c1-9-4-3-5-11(10(9)2)12(16)6-7-17-8-13(14)15/h3-5,12-13H,6-8,16H2,1-2H3. The Hall–Kier alpha value is -1.00. The van der Waals surface area contributed by atoms with Crippen molar-refractivity contribution in [3.63, 3.8) is 0 Å². The third kappa shape index (κ3) is 4.40. The molecule has 0 saturated heterocycles. The number of hydrogen-bond donors (Lipinski definition) is 1. The highest BCUT2D eigenvalue weighted by molar-refractivity contribution is 5.35. The number of halogens is 2. The number of aryl methyl sites for hydroxylation is 1. The largest absolute Gasteiger partial charge is 0.375 e. The van der Waals surface area contributed by atoms with Crippen LogP contribution in [0.5, 0.6) is 0 Å². The highest BCUT2D eigenvalue weighted by Crippen LogP contribution is 2.20. The van der Waals surface area contributed by atoms with Gasteiger partial charge >= 0.3 is 0 Å². The molecular formula is C13H19F2NO. The van der Waals surface area contributed by atoms with Crippen LogP contribution in [0.1, 0.15) is 29.2 Å². The van der Waals surface area contributed by atoms with Crippen molar-refractivity contribution < 1.29 is 13.5 Å². The van der Waals surface area contributed by atoms with E-state index >= 15 is 0 Å². The first-order chi connectivity index (χ1) is 8.02. The topological polar surface area (TPSA) is 35.2 Å². The van der Waals surface area contributed by atoms with Crippen LogP contribution < -0.4 is 5.73 Å². The lowest BCUT2D eigenvalue weighted by atomic mass is 9.96. The molecule has 0 amide bonds. The second-order valence-electron chi connectivity index (χ2n) is 4.15. The number of ether oxygens (including phenoxy) is 1. The van der Waals surface area contributed by atoms with Gasteiger partial charge in [-0.1, -0.05) is 18.2 Å². The molecule has 17 heavy (non-hydrogen) atoms. The number of benzene rings is 1. The van der Waals surface area contributed by atoms with Crippen molar-refractivity contribution in [2.45, 2.75) is 32.7 Å². The first-order valence-corrected chi connectivity index (χ1v) is 5.70. The van der Waals surface area contributed by atoms with Gasteiger partial charge in [0, 0.05) is 12.6 Å². The first-order valence-electron chi connectivity index (χ1n) is 5.70. The summed E-state index contributed by atoms with van der Waals surface area (Å²) in [5, 5.41) is 0. The molecule has 2 N–H and O–H groups in total. The molecule has 0 radical (unpaired) electrons. The number of alkyl halides is 2. The van der Waals surface area contributed by atoms with Crippen LogP contribution in [0, 0.1) is 13.8 Å². The fourth-order valence-electron chi connectivity index (χ4n) is 1.71. The average Bonchev–Trinajstić information content (AvgIpc) is 2.27. The summed E-state index contributed by atoms with van der Waals surface area (Å²) >= 11 is 0. The van der Waals surface area contributed by atoms with E-state index < -0.39 is 13.0 Å².